The topological polar surface area (TPSA) is 149 Å². The number of carboxylic acid groups (broad SMARTS) is 1. The molecule has 11 nitrogen and oxygen atoms in total. The van der Waals surface area contributed by atoms with Gasteiger partial charge in [0.1, 0.15) is 6.61 Å². The molecule has 1 atom stereocenters. The Morgan fingerprint density at radius 1 is 0.929 bits per heavy atom. The van der Waals surface area contributed by atoms with Crippen LogP contribution in [-0.2, 0) is 38.3 Å². The number of rotatable bonds is 23. The number of carboxylic acids is 1. The van der Waals surface area contributed by atoms with Crippen molar-refractivity contribution in [2.75, 3.05) is 52.8 Å². The molecule has 0 saturated carbocycles. The normalized spacial score (nSPS) is 13.2. The number of unbranched alkanes of at least 4 members (excludes halogenated alkanes) is 3. The Balaban J connectivity index is 1.25. The quantitative estimate of drug-likeness (QED) is 0.0741. The molecule has 0 bridgehead atoms. The van der Waals surface area contributed by atoms with E-state index in [4.69, 9.17) is 29.5 Å². The molecule has 0 unspecified atom stereocenters. The second-order valence-electron chi connectivity index (χ2n) is 10.4. The summed E-state index contributed by atoms with van der Waals surface area (Å²) in [5.74, 6) is -0.370. The lowest BCUT2D eigenvalue weighted by atomic mass is 9.91. The third kappa shape index (κ3) is 13.6. The van der Waals surface area contributed by atoms with Crippen LogP contribution >= 0.6 is 0 Å². The molecule has 2 heterocycles. The molecule has 0 radical (unpaired) electrons. The maximum Gasteiger partial charge on any atom is 0.303 e. The smallest absolute Gasteiger partial charge is 0.303 e. The Labute approximate surface area is 248 Å². The Morgan fingerprint density at radius 3 is 2.40 bits per heavy atom. The van der Waals surface area contributed by atoms with Gasteiger partial charge in [0.2, 0.25) is 5.88 Å². The van der Waals surface area contributed by atoms with E-state index in [1.807, 2.05) is 6.07 Å². The van der Waals surface area contributed by atoms with Crippen LogP contribution in [0, 0.1) is 0 Å². The van der Waals surface area contributed by atoms with Crippen molar-refractivity contribution in [1.29, 1.82) is 0 Å². The lowest BCUT2D eigenvalue weighted by Gasteiger charge is -2.16. The summed E-state index contributed by atoms with van der Waals surface area (Å²) in [6.45, 7) is 3.23. The molecule has 3 rings (SSSR count). The fourth-order valence-electron chi connectivity index (χ4n) is 5.03. The Kier molecular flexibility index (Phi) is 16.3. The summed E-state index contributed by atoms with van der Waals surface area (Å²) in [6, 6.07) is 8.17. The lowest BCUT2D eigenvalue weighted by Crippen LogP contribution is -2.13. The number of nitrogens with zero attached hydrogens (tertiary/aromatic N) is 5. The van der Waals surface area contributed by atoms with Crippen LogP contribution in [0.25, 0.3) is 10.4 Å². The summed E-state index contributed by atoms with van der Waals surface area (Å²) in [5, 5.41) is 12.8. The van der Waals surface area contributed by atoms with Crippen LogP contribution in [0.2, 0.25) is 0 Å². The zero-order valence-corrected chi connectivity index (χ0v) is 24.6. The van der Waals surface area contributed by atoms with Crippen LogP contribution in [0.1, 0.15) is 79.8 Å². The number of pyridine rings is 2. The maximum absolute atomic E-state index is 11.5. The Hall–Kier alpha value is -3.24. The van der Waals surface area contributed by atoms with Gasteiger partial charge in [-0.2, -0.15) is 0 Å². The van der Waals surface area contributed by atoms with Crippen LogP contribution < -0.4 is 4.74 Å². The van der Waals surface area contributed by atoms with Crippen LogP contribution in [0.3, 0.4) is 0 Å². The number of ether oxygens (including phenoxy) is 4. The summed E-state index contributed by atoms with van der Waals surface area (Å²) in [7, 11) is 0. The number of hydrogen-bond donors (Lipinski definition) is 1. The molecule has 0 fully saturated rings. The van der Waals surface area contributed by atoms with E-state index in [0.29, 0.717) is 58.7 Å². The van der Waals surface area contributed by atoms with Crippen molar-refractivity contribution < 1.29 is 28.8 Å². The van der Waals surface area contributed by atoms with Gasteiger partial charge in [-0.05, 0) is 73.6 Å². The largest absolute Gasteiger partial charge is 0.481 e. The van der Waals surface area contributed by atoms with Crippen LogP contribution in [0.5, 0.6) is 5.88 Å². The number of fused-ring (bicyclic) bond motifs is 1. The predicted octanol–water partition coefficient (Wildman–Crippen LogP) is 5.85. The van der Waals surface area contributed by atoms with Crippen LogP contribution in [0.15, 0.2) is 35.6 Å². The van der Waals surface area contributed by atoms with Crippen molar-refractivity contribution in [1.82, 2.24) is 9.97 Å². The molecule has 2 aromatic rings. The van der Waals surface area contributed by atoms with Gasteiger partial charge >= 0.3 is 5.97 Å². The minimum absolute atomic E-state index is 0.0638. The highest BCUT2D eigenvalue weighted by Crippen LogP contribution is 2.27. The average molecular weight is 584 g/mol. The minimum atomic E-state index is -0.794. The first-order valence-electron chi connectivity index (χ1n) is 15.2. The molecule has 1 aliphatic carbocycles. The molecular formula is C31H45N5O6. The van der Waals surface area contributed by atoms with Gasteiger partial charge in [0.15, 0.2) is 0 Å². The third-order valence-electron chi connectivity index (χ3n) is 7.24. The van der Waals surface area contributed by atoms with Crippen molar-refractivity contribution in [2.45, 2.75) is 76.5 Å². The first-order chi connectivity index (χ1) is 20.7. The molecule has 1 aliphatic rings. The highest BCUT2D eigenvalue weighted by molar-refractivity contribution is 5.68. The SMILES string of the molecule is [N-]=[N+]=NCCOCCOCCOCCOc1ccc([C@H](CCCCCCc2ccc3c(n2)CCCC3)CC(=O)O)cn1. The number of aliphatic carboxylic acids is 1. The third-order valence-corrected chi connectivity index (χ3v) is 7.24. The number of aryl methyl sites for hydroxylation is 3. The maximum atomic E-state index is 11.5. The van der Waals surface area contributed by atoms with Crippen molar-refractivity contribution in [3.05, 3.63) is 63.4 Å². The van der Waals surface area contributed by atoms with E-state index >= 15 is 0 Å². The van der Waals surface area contributed by atoms with Crippen LogP contribution in [0.4, 0.5) is 0 Å². The second-order valence-corrected chi connectivity index (χ2v) is 10.4. The van der Waals surface area contributed by atoms with Gasteiger partial charge in [0.25, 0.3) is 0 Å². The number of carbonyl (C=O) groups is 1. The molecule has 11 heteroatoms. The fraction of sp³-hybridized carbons (Fsp3) is 0.645. The Morgan fingerprint density at radius 2 is 1.67 bits per heavy atom. The van der Waals surface area contributed by atoms with E-state index in [1.165, 1.54) is 36.2 Å². The van der Waals surface area contributed by atoms with Crippen molar-refractivity contribution >= 4 is 5.97 Å². The molecular weight excluding hydrogens is 538 g/mol. The molecule has 0 saturated heterocycles. The van der Waals surface area contributed by atoms with E-state index in [1.54, 1.807) is 12.3 Å². The molecule has 2 aromatic heterocycles. The predicted molar refractivity (Wildman–Crippen MR) is 159 cm³/mol. The van der Waals surface area contributed by atoms with Gasteiger partial charge in [-0.3, -0.25) is 9.78 Å². The Bertz CT molecular complexity index is 1090. The first kappa shape index (κ1) is 33.3. The summed E-state index contributed by atoms with van der Waals surface area (Å²) >= 11 is 0. The van der Waals surface area contributed by atoms with Crippen molar-refractivity contribution in [3.8, 4) is 5.88 Å². The average Bonchev–Trinajstić information content (AvgIpc) is 3.00. The first-order valence-corrected chi connectivity index (χ1v) is 15.2. The van der Waals surface area contributed by atoms with Crippen molar-refractivity contribution in [2.24, 2.45) is 5.11 Å². The number of hydrogen-bond acceptors (Lipinski definition) is 8. The van der Waals surface area contributed by atoms with Crippen molar-refractivity contribution in [3.63, 3.8) is 0 Å². The zero-order chi connectivity index (χ0) is 29.7. The van der Waals surface area contributed by atoms with E-state index in [0.717, 1.165) is 50.5 Å². The summed E-state index contributed by atoms with van der Waals surface area (Å²) in [4.78, 5) is 23.4. The molecule has 0 amide bonds. The molecule has 0 aliphatic heterocycles. The number of azide groups is 1. The minimum Gasteiger partial charge on any atom is -0.481 e. The van der Waals surface area contributed by atoms with E-state index in [2.05, 4.69) is 27.1 Å². The summed E-state index contributed by atoms with van der Waals surface area (Å²) in [5.41, 5.74) is 13.0. The van der Waals surface area contributed by atoms with Gasteiger partial charge < -0.3 is 24.1 Å². The van der Waals surface area contributed by atoms with E-state index in [9.17, 15) is 9.90 Å². The molecule has 42 heavy (non-hydrogen) atoms. The van der Waals surface area contributed by atoms with E-state index in [-0.39, 0.29) is 12.3 Å². The number of aromatic nitrogens is 2. The second kappa shape index (κ2) is 20.6. The highest BCUT2D eigenvalue weighted by Gasteiger charge is 2.16. The van der Waals surface area contributed by atoms with E-state index < -0.39 is 5.97 Å². The van der Waals surface area contributed by atoms with Gasteiger partial charge in [-0.25, -0.2) is 4.98 Å². The molecule has 230 valence electrons. The fourth-order valence-corrected chi connectivity index (χ4v) is 5.03. The van der Waals surface area contributed by atoms with Gasteiger partial charge in [-0.15, -0.1) is 0 Å². The van der Waals surface area contributed by atoms with Crippen LogP contribution in [-0.4, -0.2) is 73.8 Å². The monoisotopic (exact) mass is 583 g/mol. The molecule has 0 spiro atoms. The zero-order valence-electron chi connectivity index (χ0n) is 24.6. The molecule has 0 aromatic carbocycles. The summed E-state index contributed by atoms with van der Waals surface area (Å²) in [6.07, 6.45) is 12.8. The van der Waals surface area contributed by atoms with Gasteiger partial charge in [0.05, 0.1) is 46.1 Å². The van der Waals surface area contributed by atoms with Gasteiger partial charge in [0, 0.05) is 35.1 Å². The molecule has 1 N–H and O–H groups in total. The highest BCUT2D eigenvalue weighted by atomic mass is 16.6. The summed E-state index contributed by atoms with van der Waals surface area (Å²) < 4.78 is 21.8. The lowest BCUT2D eigenvalue weighted by molar-refractivity contribution is -0.137. The standard InChI is InChI=1S/C31H45N5O6/c32-36-34-15-16-39-17-18-40-19-20-41-21-22-42-30-14-12-27(24-33-30)26(23-31(37)38)8-3-1-2-4-9-28-13-11-25-7-5-6-10-29(25)35-28/h11-14,24,26H,1-10,15-23H2,(H,37,38)/t26-/m1/s1. The van der Waals surface area contributed by atoms with Gasteiger partial charge in [-0.1, -0.05) is 36.5 Å².